The summed E-state index contributed by atoms with van der Waals surface area (Å²) >= 11 is 11.6. The molecule has 0 atom stereocenters. The first-order valence-electron chi connectivity index (χ1n) is 6.65. The molecule has 1 aliphatic heterocycles. The standard InChI is InChI=1S/C14H20ClN3S/c1-3-17-7-9-18(10-8-17)14(19)16-13-6-4-5-12(15)11(13)2/h4-6H,3,7-10H2,1-2H3,(H,16,19). The fourth-order valence-electron chi connectivity index (χ4n) is 2.20. The van der Waals surface area contributed by atoms with Gasteiger partial charge >= 0.3 is 0 Å². The summed E-state index contributed by atoms with van der Waals surface area (Å²) in [6, 6.07) is 5.84. The van der Waals surface area contributed by atoms with Crippen molar-refractivity contribution in [3.8, 4) is 0 Å². The van der Waals surface area contributed by atoms with Gasteiger partial charge in [0.25, 0.3) is 0 Å². The molecular formula is C14H20ClN3S. The molecule has 3 nitrogen and oxygen atoms in total. The third kappa shape index (κ3) is 3.59. The molecule has 0 radical (unpaired) electrons. The average Bonchev–Trinajstić information content (AvgIpc) is 2.44. The van der Waals surface area contributed by atoms with Crippen molar-refractivity contribution in [1.29, 1.82) is 0 Å². The van der Waals surface area contributed by atoms with Gasteiger partial charge in [-0.1, -0.05) is 24.6 Å². The minimum atomic E-state index is 0.767. The molecule has 0 aliphatic carbocycles. The number of rotatable bonds is 2. The summed E-state index contributed by atoms with van der Waals surface area (Å²) in [6.45, 7) is 9.43. The Labute approximate surface area is 125 Å². The smallest absolute Gasteiger partial charge is 0.173 e. The number of piperazine rings is 1. The average molecular weight is 298 g/mol. The van der Waals surface area contributed by atoms with E-state index < -0.39 is 0 Å². The topological polar surface area (TPSA) is 18.5 Å². The van der Waals surface area contributed by atoms with Crippen molar-refractivity contribution in [2.75, 3.05) is 38.0 Å². The Kier molecular flexibility index (Phi) is 5.02. The molecule has 1 aromatic carbocycles. The van der Waals surface area contributed by atoms with Crippen LogP contribution in [0.3, 0.4) is 0 Å². The first-order valence-corrected chi connectivity index (χ1v) is 7.44. The van der Waals surface area contributed by atoms with Crippen molar-refractivity contribution in [2.24, 2.45) is 0 Å². The van der Waals surface area contributed by atoms with E-state index in [1.807, 2.05) is 25.1 Å². The van der Waals surface area contributed by atoms with Crippen LogP contribution in [0.1, 0.15) is 12.5 Å². The van der Waals surface area contributed by atoms with E-state index in [1.54, 1.807) is 0 Å². The SMILES string of the molecule is CCN1CCN(C(=S)Nc2cccc(Cl)c2C)CC1. The third-order valence-electron chi connectivity index (χ3n) is 3.62. The lowest BCUT2D eigenvalue weighted by Crippen LogP contribution is -2.49. The Hall–Kier alpha value is -0.840. The molecule has 2 rings (SSSR count). The molecule has 0 unspecified atom stereocenters. The zero-order chi connectivity index (χ0) is 13.8. The monoisotopic (exact) mass is 297 g/mol. The van der Waals surface area contributed by atoms with E-state index in [4.69, 9.17) is 23.8 Å². The lowest BCUT2D eigenvalue weighted by molar-refractivity contribution is 0.191. The molecule has 1 N–H and O–H groups in total. The lowest BCUT2D eigenvalue weighted by atomic mass is 10.2. The largest absolute Gasteiger partial charge is 0.346 e. The maximum absolute atomic E-state index is 6.12. The van der Waals surface area contributed by atoms with Crippen LogP contribution in [-0.4, -0.2) is 47.6 Å². The Morgan fingerprint density at radius 1 is 1.32 bits per heavy atom. The van der Waals surface area contributed by atoms with Crippen molar-refractivity contribution >= 4 is 34.6 Å². The number of nitrogens with zero attached hydrogens (tertiary/aromatic N) is 2. The molecule has 1 aliphatic rings. The number of nitrogens with one attached hydrogen (secondary N) is 1. The fraction of sp³-hybridized carbons (Fsp3) is 0.500. The molecule has 5 heteroatoms. The molecule has 1 aromatic rings. The Balaban J connectivity index is 1.96. The quantitative estimate of drug-likeness (QED) is 0.846. The highest BCUT2D eigenvalue weighted by atomic mass is 35.5. The third-order valence-corrected chi connectivity index (χ3v) is 4.39. The minimum Gasteiger partial charge on any atom is -0.346 e. The first-order chi connectivity index (χ1) is 9.11. The summed E-state index contributed by atoms with van der Waals surface area (Å²) < 4.78 is 0. The highest BCUT2D eigenvalue weighted by Gasteiger charge is 2.18. The van der Waals surface area contributed by atoms with E-state index in [2.05, 4.69) is 22.0 Å². The van der Waals surface area contributed by atoms with E-state index >= 15 is 0 Å². The molecule has 1 heterocycles. The fourth-order valence-corrected chi connectivity index (χ4v) is 2.67. The number of hydrogen-bond acceptors (Lipinski definition) is 2. The van der Waals surface area contributed by atoms with Gasteiger partial charge in [0, 0.05) is 36.9 Å². The summed E-state index contributed by atoms with van der Waals surface area (Å²) in [5, 5.41) is 4.87. The van der Waals surface area contributed by atoms with Crippen LogP contribution >= 0.6 is 23.8 Å². The molecule has 0 aromatic heterocycles. The van der Waals surface area contributed by atoms with E-state index in [9.17, 15) is 0 Å². The van der Waals surface area contributed by atoms with Crippen LogP contribution in [0.4, 0.5) is 5.69 Å². The molecule has 0 bridgehead atoms. The first kappa shape index (κ1) is 14.6. The minimum absolute atomic E-state index is 0.767. The predicted octanol–water partition coefficient (Wildman–Crippen LogP) is 2.98. The van der Waals surface area contributed by atoms with E-state index in [1.165, 1.54) is 0 Å². The van der Waals surface area contributed by atoms with Gasteiger partial charge in [-0.25, -0.2) is 0 Å². The van der Waals surface area contributed by atoms with Crippen molar-refractivity contribution in [1.82, 2.24) is 9.80 Å². The Morgan fingerprint density at radius 2 is 2.00 bits per heavy atom. The highest BCUT2D eigenvalue weighted by Crippen LogP contribution is 2.23. The van der Waals surface area contributed by atoms with E-state index in [0.29, 0.717) is 0 Å². The van der Waals surface area contributed by atoms with Crippen LogP contribution in [0.25, 0.3) is 0 Å². The van der Waals surface area contributed by atoms with Gasteiger partial charge in [-0.3, -0.25) is 0 Å². The predicted molar refractivity (Wildman–Crippen MR) is 86.1 cm³/mol. The van der Waals surface area contributed by atoms with Gasteiger partial charge in [-0.15, -0.1) is 0 Å². The van der Waals surface area contributed by atoms with Gasteiger partial charge in [-0.05, 0) is 43.4 Å². The summed E-state index contributed by atoms with van der Waals surface area (Å²) in [6.07, 6.45) is 0. The lowest BCUT2D eigenvalue weighted by Gasteiger charge is -2.35. The zero-order valence-corrected chi connectivity index (χ0v) is 13.0. The van der Waals surface area contributed by atoms with Gasteiger partial charge in [0.2, 0.25) is 0 Å². The summed E-state index contributed by atoms with van der Waals surface area (Å²) in [5.74, 6) is 0. The van der Waals surface area contributed by atoms with Crippen molar-refractivity contribution in [3.63, 3.8) is 0 Å². The molecule has 0 saturated carbocycles. The van der Waals surface area contributed by atoms with Crippen LogP contribution in [0.15, 0.2) is 18.2 Å². The van der Waals surface area contributed by atoms with Crippen LogP contribution < -0.4 is 5.32 Å². The normalized spacial score (nSPS) is 16.5. The second-order valence-electron chi connectivity index (χ2n) is 4.76. The molecule has 1 saturated heterocycles. The Bertz CT molecular complexity index is 456. The summed E-state index contributed by atoms with van der Waals surface area (Å²) in [5.41, 5.74) is 2.04. The zero-order valence-electron chi connectivity index (χ0n) is 11.4. The van der Waals surface area contributed by atoms with E-state index in [0.717, 1.165) is 54.1 Å². The van der Waals surface area contributed by atoms with Crippen molar-refractivity contribution in [3.05, 3.63) is 28.8 Å². The molecule has 19 heavy (non-hydrogen) atoms. The van der Waals surface area contributed by atoms with Crippen LogP contribution in [0.2, 0.25) is 5.02 Å². The number of benzene rings is 1. The molecule has 104 valence electrons. The number of anilines is 1. The van der Waals surface area contributed by atoms with Gasteiger partial charge in [0.05, 0.1) is 0 Å². The summed E-state index contributed by atoms with van der Waals surface area (Å²) in [4.78, 5) is 4.66. The molecular weight excluding hydrogens is 278 g/mol. The second kappa shape index (κ2) is 6.55. The van der Waals surface area contributed by atoms with Gasteiger partial charge in [0.1, 0.15) is 0 Å². The maximum Gasteiger partial charge on any atom is 0.173 e. The molecule has 0 amide bonds. The molecule has 1 fully saturated rings. The highest BCUT2D eigenvalue weighted by molar-refractivity contribution is 7.80. The van der Waals surface area contributed by atoms with Crippen LogP contribution in [0.5, 0.6) is 0 Å². The van der Waals surface area contributed by atoms with Crippen molar-refractivity contribution < 1.29 is 0 Å². The van der Waals surface area contributed by atoms with E-state index in [-0.39, 0.29) is 0 Å². The number of likely N-dealkylation sites (N-methyl/N-ethyl adjacent to an activating group) is 1. The van der Waals surface area contributed by atoms with Crippen molar-refractivity contribution in [2.45, 2.75) is 13.8 Å². The number of hydrogen-bond donors (Lipinski definition) is 1. The second-order valence-corrected chi connectivity index (χ2v) is 5.56. The number of thiocarbonyl (C=S) groups is 1. The molecule has 0 spiro atoms. The van der Waals surface area contributed by atoms with Crippen LogP contribution in [-0.2, 0) is 0 Å². The van der Waals surface area contributed by atoms with Gasteiger partial charge in [-0.2, -0.15) is 0 Å². The summed E-state index contributed by atoms with van der Waals surface area (Å²) in [7, 11) is 0. The Morgan fingerprint density at radius 3 is 2.63 bits per heavy atom. The number of halogens is 1. The van der Waals surface area contributed by atoms with Gasteiger partial charge < -0.3 is 15.1 Å². The van der Waals surface area contributed by atoms with Crippen LogP contribution in [0, 0.1) is 6.92 Å². The maximum atomic E-state index is 6.12. The van der Waals surface area contributed by atoms with Gasteiger partial charge in [0.15, 0.2) is 5.11 Å².